The van der Waals surface area contributed by atoms with E-state index in [0.29, 0.717) is 48.1 Å². The van der Waals surface area contributed by atoms with Gasteiger partial charge in [-0.2, -0.15) is 0 Å². The van der Waals surface area contributed by atoms with Crippen LogP contribution in [0, 0.1) is 6.92 Å². The topological polar surface area (TPSA) is 88.5 Å². The first kappa shape index (κ1) is 27.8. The summed E-state index contributed by atoms with van der Waals surface area (Å²) in [5.74, 6) is 0.0229. The number of Topliss-reactive ketones (excluding diaryl/α,β-unsaturated/α-hetero) is 1. The SMILES string of the molecule is C=CCOc1ccc(C2C(=C(O)c3ccc(OC(C)C)c(C)c3)C(=O)C(=O)N2CCN(C)C)cc1OC. The molecule has 0 bridgehead atoms. The minimum absolute atomic E-state index is 0.00594. The summed E-state index contributed by atoms with van der Waals surface area (Å²) >= 11 is 0. The van der Waals surface area contributed by atoms with Crippen LogP contribution in [-0.2, 0) is 9.59 Å². The molecule has 1 unspecified atom stereocenters. The minimum atomic E-state index is -0.797. The fourth-order valence-corrected chi connectivity index (χ4v) is 4.23. The maximum atomic E-state index is 13.3. The second-order valence-corrected chi connectivity index (χ2v) is 9.45. The maximum absolute atomic E-state index is 13.3. The summed E-state index contributed by atoms with van der Waals surface area (Å²) < 4.78 is 17.0. The molecule has 1 fully saturated rings. The Kier molecular flexibility index (Phi) is 8.99. The third kappa shape index (κ3) is 6.14. The second-order valence-electron chi connectivity index (χ2n) is 9.45. The van der Waals surface area contributed by atoms with Crippen LogP contribution in [0.2, 0.25) is 0 Å². The van der Waals surface area contributed by atoms with Crippen molar-refractivity contribution in [3.05, 3.63) is 71.3 Å². The number of likely N-dealkylation sites (tertiary alicyclic amines) is 1. The standard InChI is InChI=1S/C29H36N2O6/c1-8-15-36-23-12-9-20(17-24(23)35-7)26-25(28(33)29(34)31(26)14-13-30(5)6)27(32)21-10-11-22(19(4)16-21)37-18(2)3/h8-12,16-18,26,32H,1,13-15H2,2-7H3. The van der Waals surface area contributed by atoms with Crippen molar-refractivity contribution < 1.29 is 28.9 Å². The first-order chi connectivity index (χ1) is 17.6. The van der Waals surface area contributed by atoms with Gasteiger partial charge in [-0.1, -0.05) is 18.7 Å². The van der Waals surface area contributed by atoms with Gasteiger partial charge in [0.15, 0.2) is 11.5 Å². The molecule has 1 saturated heterocycles. The number of nitrogens with zero attached hydrogens (tertiary/aromatic N) is 2. The Morgan fingerprint density at radius 1 is 1.14 bits per heavy atom. The van der Waals surface area contributed by atoms with Gasteiger partial charge in [-0.3, -0.25) is 9.59 Å². The van der Waals surface area contributed by atoms with Gasteiger partial charge < -0.3 is 29.1 Å². The molecule has 1 aliphatic rings. The van der Waals surface area contributed by atoms with Gasteiger partial charge >= 0.3 is 0 Å². The zero-order valence-electron chi connectivity index (χ0n) is 22.4. The molecule has 1 heterocycles. The van der Waals surface area contributed by atoms with Crippen molar-refractivity contribution in [2.45, 2.75) is 32.9 Å². The van der Waals surface area contributed by atoms with Crippen LogP contribution < -0.4 is 14.2 Å². The molecule has 8 heteroatoms. The fraction of sp³-hybridized carbons (Fsp3) is 0.379. The smallest absolute Gasteiger partial charge is 0.295 e. The fourth-order valence-electron chi connectivity index (χ4n) is 4.23. The summed E-state index contributed by atoms with van der Waals surface area (Å²) in [4.78, 5) is 29.9. The van der Waals surface area contributed by atoms with E-state index in [9.17, 15) is 14.7 Å². The summed E-state index contributed by atoms with van der Waals surface area (Å²) in [6, 6.07) is 9.64. The predicted octanol–water partition coefficient (Wildman–Crippen LogP) is 4.34. The van der Waals surface area contributed by atoms with Crippen LogP contribution in [0.4, 0.5) is 0 Å². The molecule has 0 radical (unpaired) electrons. The van der Waals surface area contributed by atoms with E-state index in [1.165, 1.54) is 12.0 Å². The highest BCUT2D eigenvalue weighted by Crippen LogP contribution is 2.42. The number of aryl methyl sites for hydroxylation is 1. The van der Waals surface area contributed by atoms with Crippen LogP contribution in [0.25, 0.3) is 5.76 Å². The molecule has 1 N–H and O–H groups in total. The summed E-state index contributed by atoms with van der Waals surface area (Å²) in [6.07, 6.45) is 1.62. The van der Waals surface area contributed by atoms with Crippen LogP contribution in [0.5, 0.6) is 17.2 Å². The van der Waals surface area contributed by atoms with Gasteiger partial charge in [0, 0.05) is 18.7 Å². The van der Waals surface area contributed by atoms with E-state index in [-0.39, 0.29) is 17.4 Å². The van der Waals surface area contributed by atoms with Crippen LogP contribution in [-0.4, -0.2) is 73.6 Å². The third-order valence-corrected chi connectivity index (χ3v) is 6.00. The van der Waals surface area contributed by atoms with E-state index < -0.39 is 17.7 Å². The molecule has 8 nitrogen and oxygen atoms in total. The lowest BCUT2D eigenvalue weighted by Gasteiger charge is -2.27. The van der Waals surface area contributed by atoms with Gasteiger partial charge in [0.2, 0.25) is 0 Å². The molecule has 1 aliphatic heterocycles. The number of ketones is 1. The van der Waals surface area contributed by atoms with E-state index in [1.54, 1.807) is 42.5 Å². The lowest BCUT2D eigenvalue weighted by Crippen LogP contribution is -2.35. The highest BCUT2D eigenvalue weighted by Gasteiger charge is 2.46. The Labute approximate surface area is 218 Å². The lowest BCUT2D eigenvalue weighted by atomic mass is 9.94. The van der Waals surface area contributed by atoms with E-state index in [2.05, 4.69) is 6.58 Å². The monoisotopic (exact) mass is 508 g/mol. The molecule has 0 saturated carbocycles. The number of hydrogen-bond acceptors (Lipinski definition) is 7. The van der Waals surface area contributed by atoms with Crippen molar-refractivity contribution in [2.75, 3.05) is 40.9 Å². The number of benzene rings is 2. The molecule has 37 heavy (non-hydrogen) atoms. The van der Waals surface area contributed by atoms with Crippen molar-refractivity contribution in [2.24, 2.45) is 0 Å². The number of aliphatic hydroxyl groups is 1. The van der Waals surface area contributed by atoms with Gasteiger partial charge in [-0.25, -0.2) is 0 Å². The number of aliphatic hydroxyl groups excluding tert-OH is 1. The van der Waals surface area contributed by atoms with Crippen LogP contribution in [0.15, 0.2) is 54.6 Å². The molecule has 2 aromatic carbocycles. The Morgan fingerprint density at radius 2 is 1.84 bits per heavy atom. The van der Waals surface area contributed by atoms with Crippen molar-refractivity contribution >= 4 is 17.4 Å². The van der Waals surface area contributed by atoms with Crippen molar-refractivity contribution in [1.29, 1.82) is 0 Å². The molecule has 3 rings (SSSR count). The number of carbonyl (C=O) groups excluding carboxylic acids is 2. The summed E-state index contributed by atoms with van der Waals surface area (Å²) in [6.45, 7) is 10.5. The van der Waals surface area contributed by atoms with E-state index in [4.69, 9.17) is 14.2 Å². The van der Waals surface area contributed by atoms with Crippen molar-refractivity contribution in [3.63, 3.8) is 0 Å². The van der Waals surface area contributed by atoms with Gasteiger partial charge in [-0.15, -0.1) is 0 Å². The Balaban J connectivity index is 2.15. The van der Waals surface area contributed by atoms with E-state index >= 15 is 0 Å². The molecular weight excluding hydrogens is 472 g/mol. The van der Waals surface area contributed by atoms with Crippen LogP contribution in [0.3, 0.4) is 0 Å². The number of hydrogen-bond donors (Lipinski definition) is 1. The number of methoxy groups -OCH3 is 1. The highest BCUT2D eigenvalue weighted by molar-refractivity contribution is 6.46. The first-order valence-electron chi connectivity index (χ1n) is 12.2. The molecule has 1 atom stereocenters. The molecule has 1 amide bonds. The highest BCUT2D eigenvalue weighted by atomic mass is 16.5. The first-order valence-corrected chi connectivity index (χ1v) is 12.2. The van der Waals surface area contributed by atoms with E-state index in [0.717, 1.165) is 5.56 Å². The quantitative estimate of drug-likeness (QED) is 0.209. The summed E-state index contributed by atoms with van der Waals surface area (Å²) in [7, 11) is 5.31. The molecule has 2 aromatic rings. The summed E-state index contributed by atoms with van der Waals surface area (Å²) in [5.41, 5.74) is 1.89. The third-order valence-electron chi connectivity index (χ3n) is 6.00. The van der Waals surface area contributed by atoms with Crippen molar-refractivity contribution in [1.82, 2.24) is 9.80 Å². The normalized spacial score (nSPS) is 17.0. The average Bonchev–Trinajstić information content (AvgIpc) is 3.11. The maximum Gasteiger partial charge on any atom is 0.295 e. The molecule has 0 aromatic heterocycles. The number of rotatable bonds is 11. The van der Waals surface area contributed by atoms with Gasteiger partial charge in [0.05, 0.1) is 24.8 Å². The molecular formula is C29H36N2O6. The Hall–Kier alpha value is -3.78. The zero-order chi connectivity index (χ0) is 27.3. The predicted molar refractivity (Wildman–Crippen MR) is 143 cm³/mol. The van der Waals surface area contributed by atoms with Crippen molar-refractivity contribution in [3.8, 4) is 17.2 Å². The Bertz CT molecular complexity index is 1200. The van der Waals surface area contributed by atoms with Gasteiger partial charge in [-0.05, 0) is 76.3 Å². The van der Waals surface area contributed by atoms with Gasteiger partial charge in [0.1, 0.15) is 18.1 Å². The average molecular weight is 509 g/mol. The molecule has 0 spiro atoms. The largest absolute Gasteiger partial charge is 0.507 e. The number of amides is 1. The lowest BCUT2D eigenvalue weighted by molar-refractivity contribution is -0.140. The molecule has 198 valence electrons. The summed E-state index contributed by atoms with van der Waals surface area (Å²) in [5, 5.41) is 11.4. The molecule has 0 aliphatic carbocycles. The van der Waals surface area contributed by atoms with Crippen LogP contribution >= 0.6 is 0 Å². The van der Waals surface area contributed by atoms with E-state index in [1.807, 2.05) is 39.8 Å². The van der Waals surface area contributed by atoms with Crippen LogP contribution in [0.1, 0.15) is 36.6 Å². The second kappa shape index (κ2) is 12.0. The Morgan fingerprint density at radius 3 is 2.43 bits per heavy atom. The zero-order valence-corrected chi connectivity index (χ0v) is 22.4. The minimum Gasteiger partial charge on any atom is -0.507 e. The van der Waals surface area contributed by atoms with Gasteiger partial charge in [0.25, 0.3) is 11.7 Å². The number of carbonyl (C=O) groups is 2. The number of likely N-dealkylation sites (N-methyl/N-ethyl adjacent to an activating group) is 1. The number of ether oxygens (including phenoxy) is 3.